The molecule has 0 fully saturated rings. The lowest BCUT2D eigenvalue weighted by molar-refractivity contribution is 0.0953. The molecule has 1 heterocycles. The Morgan fingerprint density at radius 3 is 2.83 bits per heavy atom. The topological polar surface area (TPSA) is 62.5 Å². The highest BCUT2D eigenvalue weighted by Crippen LogP contribution is 2.30. The van der Waals surface area contributed by atoms with Crippen LogP contribution in [-0.4, -0.2) is 17.6 Å². The first-order chi connectivity index (χ1) is 11.2. The Balaban J connectivity index is 1.87. The molecule has 2 aromatic carbocycles. The molecular formula is C19H19NO3. The van der Waals surface area contributed by atoms with Crippen molar-refractivity contribution in [3.05, 3.63) is 54.1 Å². The number of benzene rings is 2. The van der Waals surface area contributed by atoms with E-state index in [0.717, 1.165) is 23.8 Å². The number of fused-ring (bicyclic) bond motifs is 1. The van der Waals surface area contributed by atoms with Gasteiger partial charge in [-0.3, -0.25) is 4.79 Å². The highest BCUT2D eigenvalue weighted by molar-refractivity contribution is 5.98. The second kappa shape index (κ2) is 6.57. The van der Waals surface area contributed by atoms with Crippen molar-refractivity contribution in [3.63, 3.8) is 0 Å². The number of rotatable bonds is 5. The van der Waals surface area contributed by atoms with Gasteiger partial charge in [-0.15, -0.1) is 0 Å². The summed E-state index contributed by atoms with van der Waals surface area (Å²) in [6, 6.07) is 14.2. The highest BCUT2D eigenvalue weighted by atomic mass is 16.3. The van der Waals surface area contributed by atoms with Gasteiger partial charge in [0.2, 0.25) is 0 Å². The molecule has 3 rings (SSSR count). The van der Waals surface area contributed by atoms with Crippen molar-refractivity contribution in [2.45, 2.75) is 19.8 Å². The minimum absolute atomic E-state index is 0.0690. The van der Waals surface area contributed by atoms with E-state index in [9.17, 15) is 9.90 Å². The third-order valence-electron chi connectivity index (χ3n) is 3.73. The maximum absolute atomic E-state index is 12.1. The van der Waals surface area contributed by atoms with Gasteiger partial charge in [0, 0.05) is 23.1 Å². The molecule has 0 atom stereocenters. The zero-order valence-electron chi connectivity index (χ0n) is 13.0. The van der Waals surface area contributed by atoms with Gasteiger partial charge in [-0.1, -0.05) is 25.5 Å². The van der Waals surface area contributed by atoms with Crippen LogP contribution in [0.1, 0.15) is 30.1 Å². The summed E-state index contributed by atoms with van der Waals surface area (Å²) in [6.45, 7) is 2.78. The van der Waals surface area contributed by atoms with Gasteiger partial charge in [-0.2, -0.15) is 0 Å². The van der Waals surface area contributed by atoms with Crippen LogP contribution in [0.2, 0.25) is 0 Å². The number of unbranched alkanes of at least 4 members (excludes halogenated alkanes) is 1. The molecule has 0 spiro atoms. The minimum atomic E-state index is -0.0690. The summed E-state index contributed by atoms with van der Waals surface area (Å²) in [4.78, 5) is 12.1. The number of furan rings is 1. The van der Waals surface area contributed by atoms with Gasteiger partial charge in [0.1, 0.15) is 17.1 Å². The van der Waals surface area contributed by atoms with E-state index in [-0.39, 0.29) is 11.7 Å². The van der Waals surface area contributed by atoms with E-state index in [0.29, 0.717) is 23.5 Å². The highest BCUT2D eigenvalue weighted by Gasteiger charge is 2.10. The number of nitrogens with one attached hydrogen (secondary N) is 1. The standard InChI is InChI=1S/C19H19NO3/c1-2-3-9-20-19(22)14-7-8-17-15(10-14)12-18(23-17)13-5-4-6-16(21)11-13/h4-8,10-12,21H,2-3,9H2,1H3,(H,20,22). The number of carbonyl (C=O) groups excluding carboxylic acids is 1. The molecule has 0 aliphatic carbocycles. The lowest BCUT2D eigenvalue weighted by Crippen LogP contribution is -2.24. The number of hydrogen-bond donors (Lipinski definition) is 2. The smallest absolute Gasteiger partial charge is 0.251 e. The van der Waals surface area contributed by atoms with E-state index in [1.54, 1.807) is 30.3 Å². The van der Waals surface area contributed by atoms with Crippen LogP contribution < -0.4 is 5.32 Å². The molecule has 23 heavy (non-hydrogen) atoms. The first kappa shape index (κ1) is 15.2. The molecule has 0 unspecified atom stereocenters. The van der Waals surface area contributed by atoms with Crippen molar-refractivity contribution in [3.8, 4) is 17.1 Å². The zero-order valence-corrected chi connectivity index (χ0v) is 13.0. The maximum atomic E-state index is 12.1. The van der Waals surface area contributed by atoms with Crippen molar-refractivity contribution in [2.75, 3.05) is 6.54 Å². The SMILES string of the molecule is CCCCNC(=O)c1ccc2oc(-c3cccc(O)c3)cc2c1. The molecule has 3 aromatic rings. The summed E-state index contributed by atoms with van der Waals surface area (Å²) >= 11 is 0. The summed E-state index contributed by atoms with van der Waals surface area (Å²) in [5.41, 5.74) is 2.14. The van der Waals surface area contributed by atoms with E-state index < -0.39 is 0 Å². The molecule has 4 heteroatoms. The lowest BCUT2D eigenvalue weighted by Gasteiger charge is -2.03. The normalized spacial score (nSPS) is 10.8. The molecular weight excluding hydrogens is 290 g/mol. The number of phenols is 1. The van der Waals surface area contributed by atoms with Gasteiger partial charge >= 0.3 is 0 Å². The van der Waals surface area contributed by atoms with E-state index in [1.807, 2.05) is 18.2 Å². The molecule has 118 valence electrons. The Morgan fingerprint density at radius 1 is 1.17 bits per heavy atom. The van der Waals surface area contributed by atoms with Crippen molar-refractivity contribution >= 4 is 16.9 Å². The van der Waals surface area contributed by atoms with Crippen LogP contribution in [-0.2, 0) is 0 Å². The zero-order chi connectivity index (χ0) is 16.2. The van der Waals surface area contributed by atoms with E-state index >= 15 is 0 Å². The fraction of sp³-hybridized carbons (Fsp3) is 0.211. The summed E-state index contributed by atoms with van der Waals surface area (Å²) in [7, 11) is 0. The maximum Gasteiger partial charge on any atom is 0.251 e. The fourth-order valence-corrected chi connectivity index (χ4v) is 2.47. The number of aromatic hydroxyl groups is 1. The van der Waals surface area contributed by atoms with Gasteiger partial charge in [0.15, 0.2) is 0 Å². The molecule has 0 saturated carbocycles. The lowest BCUT2D eigenvalue weighted by atomic mass is 10.1. The average molecular weight is 309 g/mol. The number of hydrogen-bond acceptors (Lipinski definition) is 3. The summed E-state index contributed by atoms with van der Waals surface area (Å²) in [6.07, 6.45) is 2.02. The molecule has 1 aromatic heterocycles. The first-order valence-electron chi connectivity index (χ1n) is 7.78. The molecule has 0 aliphatic rings. The van der Waals surface area contributed by atoms with E-state index in [1.165, 1.54) is 0 Å². The quantitative estimate of drug-likeness (QED) is 0.689. The van der Waals surface area contributed by atoms with E-state index in [2.05, 4.69) is 12.2 Å². The van der Waals surface area contributed by atoms with Crippen LogP contribution in [0.15, 0.2) is 52.9 Å². The summed E-state index contributed by atoms with van der Waals surface area (Å²) in [5.74, 6) is 0.791. The predicted molar refractivity (Wildman–Crippen MR) is 90.6 cm³/mol. The number of phenolic OH excluding ortho intramolecular Hbond substituents is 1. The van der Waals surface area contributed by atoms with Crippen LogP contribution >= 0.6 is 0 Å². The Bertz CT molecular complexity index is 836. The van der Waals surface area contributed by atoms with Gasteiger partial charge in [-0.25, -0.2) is 0 Å². The van der Waals surface area contributed by atoms with Crippen molar-refractivity contribution in [1.82, 2.24) is 5.32 Å². The molecule has 0 radical (unpaired) electrons. The number of carbonyl (C=O) groups is 1. The third-order valence-corrected chi connectivity index (χ3v) is 3.73. The Morgan fingerprint density at radius 2 is 2.04 bits per heavy atom. The molecule has 1 amide bonds. The first-order valence-corrected chi connectivity index (χ1v) is 7.78. The van der Waals surface area contributed by atoms with Gasteiger partial charge in [0.05, 0.1) is 0 Å². The van der Waals surface area contributed by atoms with Crippen LogP contribution in [0.4, 0.5) is 0 Å². The second-order valence-electron chi connectivity index (χ2n) is 5.52. The van der Waals surface area contributed by atoms with Crippen molar-refractivity contribution < 1.29 is 14.3 Å². The Kier molecular flexibility index (Phi) is 4.33. The van der Waals surface area contributed by atoms with Crippen LogP contribution in [0.5, 0.6) is 5.75 Å². The van der Waals surface area contributed by atoms with Gasteiger partial charge in [0.25, 0.3) is 5.91 Å². The van der Waals surface area contributed by atoms with Gasteiger partial charge in [-0.05, 0) is 42.8 Å². The predicted octanol–water partition coefficient (Wildman–Crippen LogP) is 4.34. The van der Waals surface area contributed by atoms with Crippen molar-refractivity contribution in [2.24, 2.45) is 0 Å². The molecule has 2 N–H and O–H groups in total. The monoisotopic (exact) mass is 309 g/mol. The largest absolute Gasteiger partial charge is 0.508 e. The number of amides is 1. The van der Waals surface area contributed by atoms with Crippen LogP contribution in [0, 0.1) is 0 Å². The Labute approximate surface area is 134 Å². The van der Waals surface area contributed by atoms with Gasteiger partial charge < -0.3 is 14.8 Å². The summed E-state index contributed by atoms with van der Waals surface area (Å²) < 4.78 is 5.80. The molecule has 0 saturated heterocycles. The molecule has 4 nitrogen and oxygen atoms in total. The van der Waals surface area contributed by atoms with Crippen LogP contribution in [0.25, 0.3) is 22.3 Å². The second-order valence-corrected chi connectivity index (χ2v) is 5.52. The summed E-state index contributed by atoms with van der Waals surface area (Å²) in [5, 5.41) is 13.3. The molecule has 0 aliphatic heterocycles. The molecule has 0 bridgehead atoms. The van der Waals surface area contributed by atoms with E-state index in [4.69, 9.17) is 4.42 Å². The Hall–Kier alpha value is -2.75. The van der Waals surface area contributed by atoms with Crippen molar-refractivity contribution in [1.29, 1.82) is 0 Å². The third kappa shape index (κ3) is 3.37. The minimum Gasteiger partial charge on any atom is -0.508 e. The van der Waals surface area contributed by atoms with Crippen LogP contribution in [0.3, 0.4) is 0 Å². The average Bonchev–Trinajstić information content (AvgIpc) is 2.98. The fourth-order valence-electron chi connectivity index (χ4n) is 2.47.